The number of pyridine rings is 1. The Balaban J connectivity index is 1.55. The van der Waals surface area contributed by atoms with E-state index in [2.05, 4.69) is 10.3 Å². The SMILES string of the molecule is COc1cccc(CNC(=O)CN2C(=O)c3ccccc3Sc3ncccc32)c1. The van der Waals surface area contributed by atoms with Crippen LogP contribution < -0.4 is 15.0 Å². The molecule has 4 rings (SSSR count). The minimum atomic E-state index is -0.250. The highest BCUT2D eigenvalue weighted by atomic mass is 32.2. The van der Waals surface area contributed by atoms with Crippen molar-refractivity contribution in [2.75, 3.05) is 18.6 Å². The Morgan fingerprint density at radius 1 is 1.14 bits per heavy atom. The highest BCUT2D eigenvalue weighted by Crippen LogP contribution is 2.39. The molecule has 1 aromatic heterocycles. The lowest BCUT2D eigenvalue weighted by atomic mass is 10.2. The number of carbonyl (C=O) groups is 2. The first-order chi connectivity index (χ1) is 14.2. The number of aromatic nitrogens is 1. The van der Waals surface area contributed by atoms with Crippen molar-refractivity contribution < 1.29 is 14.3 Å². The van der Waals surface area contributed by atoms with Gasteiger partial charge in [0.1, 0.15) is 17.3 Å². The second-order valence-corrected chi connectivity index (χ2v) is 7.48. The third kappa shape index (κ3) is 4.09. The van der Waals surface area contributed by atoms with Gasteiger partial charge in [-0.3, -0.25) is 14.5 Å². The molecule has 0 radical (unpaired) electrons. The fourth-order valence-electron chi connectivity index (χ4n) is 3.10. The predicted molar refractivity (Wildman–Crippen MR) is 111 cm³/mol. The van der Waals surface area contributed by atoms with Gasteiger partial charge in [-0.05, 0) is 42.0 Å². The smallest absolute Gasteiger partial charge is 0.259 e. The summed E-state index contributed by atoms with van der Waals surface area (Å²) in [5.41, 5.74) is 2.12. The fraction of sp³-hybridized carbons (Fsp3) is 0.136. The molecule has 1 N–H and O–H groups in total. The number of ether oxygens (including phenoxy) is 1. The molecule has 6 nitrogen and oxygen atoms in total. The topological polar surface area (TPSA) is 71.5 Å². The second-order valence-electron chi connectivity index (χ2n) is 6.45. The molecule has 146 valence electrons. The standard InChI is InChI=1S/C22H19N3O3S/c1-28-16-7-4-6-15(12-16)13-24-20(26)14-25-18-9-5-11-23-21(18)29-19-10-3-2-8-17(19)22(25)27/h2-12H,13-14H2,1H3,(H,24,26). The van der Waals surface area contributed by atoms with E-state index in [4.69, 9.17) is 4.74 Å². The normalized spacial score (nSPS) is 12.6. The molecular formula is C22H19N3O3S. The van der Waals surface area contributed by atoms with Crippen LogP contribution in [0.4, 0.5) is 5.69 Å². The van der Waals surface area contributed by atoms with Gasteiger partial charge in [0.25, 0.3) is 5.91 Å². The monoisotopic (exact) mass is 405 g/mol. The van der Waals surface area contributed by atoms with Gasteiger partial charge in [0.05, 0.1) is 18.4 Å². The van der Waals surface area contributed by atoms with Gasteiger partial charge in [-0.1, -0.05) is 36.0 Å². The van der Waals surface area contributed by atoms with Crippen molar-refractivity contribution in [1.82, 2.24) is 10.3 Å². The number of carbonyl (C=O) groups excluding carboxylic acids is 2. The molecule has 29 heavy (non-hydrogen) atoms. The van der Waals surface area contributed by atoms with Crippen LogP contribution in [0.2, 0.25) is 0 Å². The minimum absolute atomic E-state index is 0.0869. The number of anilines is 1. The summed E-state index contributed by atoms with van der Waals surface area (Å²) in [6, 6.07) is 18.4. The summed E-state index contributed by atoms with van der Waals surface area (Å²) in [7, 11) is 1.60. The molecule has 0 aliphatic carbocycles. The summed E-state index contributed by atoms with van der Waals surface area (Å²) >= 11 is 1.43. The average molecular weight is 405 g/mol. The summed E-state index contributed by atoms with van der Waals surface area (Å²) in [6.45, 7) is 0.264. The minimum Gasteiger partial charge on any atom is -0.497 e. The number of methoxy groups -OCH3 is 1. The molecule has 7 heteroatoms. The maximum atomic E-state index is 13.2. The Morgan fingerprint density at radius 3 is 2.86 bits per heavy atom. The number of rotatable bonds is 5. The van der Waals surface area contributed by atoms with E-state index in [1.165, 1.54) is 16.7 Å². The van der Waals surface area contributed by atoms with Gasteiger partial charge in [0, 0.05) is 17.6 Å². The lowest BCUT2D eigenvalue weighted by Gasteiger charge is -2.22. The van der Waals surface area contributed by atoms with Crippen LogP contribution in [0.1, 0.15) is 15.9 Å². The highest BCUT2D eigenvalue weighted by Gasteiger charge is 2.29. The first-order valence-corrected chi connectivity index (χ1v) is 9.91. The number of benzene rings is 2. The van der Waals surface area contributed by atoms with Crippen LogP contribution in [-0.2, 0) is 11.3 Å². The van der Waals surface area contributed by atoms with E-state index < -0.39 is 0 Å². The van der Waals surface area contributed by atoms with E-state index in [0.29, 0.717) is 22.8 Å². The van der Waals surface area contributed by atoms with Gasteiger partial charge >= 0.3 is 0 Å². The third-order valence-corrected chi connectivity index (χ3v) is 5.62. The zero-order valence-electron chi connectivity index (χ0n) is 15.8. The molecule has 2 heterocycles. The van der Waals surface area contributed by atoms with E-state index in [-0.39, 0.29) is 18.4 Å². The number of hydrogen-bond acceptors (Lipinski definition) is 5. The molecule has 3 aromatic rings. The van der Waals surface area contributed by atoms with E-state index in [1.54, 1.807) is 25.4 Å². The molecule has 2 aromatic carbocycles. The number of hydrogen-bond donors (Lipinski definition) is 1. The summed E-state index contributed by atoms with van der Waals surface area (Å²) in [5.74, 6) is 0.268. The molecular weight excluding hydrogens is 386 g/mol. The molecule has 2 amide bonds. The third-order valence-electron chi connectivity index (χ3n) is 4.54. The van der Waals surface area contributed by atoms with Crippen LogP contribution in [-0.4, -0.2) is 30.5 Å². The summed E-state index contributed by atoms with van der Waals surface area (Å²) in [5, 5.41) is 3.58. The maximum absolute atomic E-state index is 13.2. The Labute approximate surface area is 172 Å². The molecule has 0 spiro atoms. The summed E-state index contributed by atoms with van der Waals surface area (Å²) in [4.78, 5) is 32.6. The summed E-state index contributed by atoms with van der Waals surface area (Å²) in [6.07, 6.45) is 1.69. The van der Waals surface area contributed by atoms with E-state index in [9.17, 15) is 9.59 Å². The molecule has 0 saturated carbocycles. The van der Waals surface area contributed by atoms with Crippen LogP contribution in [0.25, 0.3) is 0 Å². The van der Waals surface area contributed by atoms with Gasteiger partial charge in [-0.2, -0.15) is 0 Å². The van der Waals surface area contributed by atoms with Crippen molar-refractivity contribution in [1.29, 1.82) is 0 Å². The van der Waals surface area contributed by atoms with Gasteiger partial charge < -0.3 is 10.1 Å². The molecule has 0 saturated heterocycles. The van der Waals surface area contributed by atoms with Crippen LogP contribution in [0, 0.1) is 0 Å². The highest BCUT2D eigenvalue weighted by molar-refractivity contribution is 7.99. The average Bonchev–Trinajstić information content (AvgIpc) is 2.87. The Hall–Kier alpha value is -3.32. The van der Waals surface area contributed by atoms with E-state index in [1.807, 2.05) is 48.5 Å². The first-order valence-electron chi connectivity index (χ1n) is 9.09. The van der Waals surface area contributed by atoms with Gasteiger partial charge in [0.2, 0.25) is 5.91 Å². The number of nitrogens with zero attached hydrogens (tertiary/aromatic N) is 2. The fourth-order valence-corrected chi connectivity index (χ4v) is 4.11. The molecule has 1 aliphatic rings. The first kappa shape index (κ1) is 19.0. The van der Waals surface area contributed by atoms with Crippen LogP contribution in [0.3, 0.4) is 0 Å². The van der Waals surface area contributed by atoms with Gasteiger partial charge in [0.15, 0.2) is 0 Å². The van der Waals surface area contributed by atoms with Gasteiger partial charge in [-0.15, -0.1) is 0 Å². The molecule has 1 aliphatic heterocycles. The van der Waals surface area contributed by atoms with Crippen molar-refractivity contribution in [2.45, 2.75) is 16.5 Å². The van der Waals surface area contributed by atoms with E-state index >= 15 is 0 Å². The lowest BCUT2D eigenvalue weighted by molar-refractivity contribution is -0.119. The zero-order valence-corrected chi connectivity index (χ0v) is 16.6. The molecule has 0 fully saturated rings. The molecule has 0 unspecified atom stereocenters. The van der Waals surface area contributed by atoms with Crippen LogP contribution in [0.5, 0.6) is 5.75 Å². The number of amides is 2. The van der Waals surface area contributed by atoms with Crippen molar-refractivity contribution in [3.63, 3.8) is 0 Å². The quantitative estimate of drug-likeness (QED) is 0.703. The molecule has 0 atom stereocenters. The number of nitrogens with one attached hydrogen (secondary N) is 1. The predicted octanol–water partition coefficient (Wildman–Crippen LogP) is 3.52. The zero-order chi connectivity index (χ0) is 20.2. The van der Waals surface area contributed by atoms with Crippen LogP contribution in [0.15, 0.2) is 76.8 Å². The van der Waals surface area contributed by atoms with Gasteiger partial charge in [-0.25, -0.2) is 4.98 Å². The van der Waals surface area contributed by atoms with E-state index in [0.717, 1.165) is 16.2 Å². The van der Waals surface area contributed by atoms with Crippen molar-refractivity contribution in [3.8, 4) is 5.75 Å². The Kier molecular flexibility index (Phi) is 5.48. The lowest BCUT2D eigenvalue weighted by Crippen LogP contribution is -2.40. The van der Waals surface area contributed by atoms with Crippen molar-refractivity contribution in [3.05, 3.63) is 78.0 Å². The largest absolute Gasteiger partial charge is 0.497 e. The number of fused-ring (bicyclic) bond motifs is 2. The second kappa shape index (κ2) is 8.36. The summed E-state index contributed by atoms with van der Waals surface area (Å²) < 4.78 is 5.21. The Bertz CT molecular complexity index is 1070. The van der Waals surface area contributed by atoms with Crippen molar-refractivity contribution in [2.24, 2.45) is 0 Å². The van der Waals surface area contributed by atoms with Crippen LogP contribution >= 0.6 is 11.8 Å². The maximum Gasteiger partial charge on any atom is 0.259 e. The van der Waals surface area contributed by atoms with Crippen molar-refractivity contribution >= 4 is 29.3 Å². The Morgan fingerprint density at radius 2 is 2.00 bits per heavy atom. The molecule has 0 bridgehead atoms.